The average molecular weight is 373 g/mol. The van der Waals surface area contributed by atoms with Crippen molar-refractivity contribution in [3.8, 4) is 11.4 Å². The molecule has 1 amide bonds. The van der Waals surface area contributed by atoms with Crippen LogP contribution < -0.4 is 5.32 Å². The first-order valence-corrected chi connectivity index (χ1v) is 9.04. The molecule has 1 aromatic heterocycles. The van der Waals surface area contributed by atoms with Crippen LogP contribution in [0.1, 0.15) is 5.56 Å². The van der Waals surface area contributed by atoms with Gasteiger partial charge in [-0.05, 0) is 37.3 Å². The summed E-state index contributed by atoms with van der Waals surface area (Å²) in [7, 11) is 1.90. The molecule has 0 saturated carbocycles. The number of aryl methyl sites for hydroxylation is 1. The van der Waals surface area contributed by atoms with Crippen LogP contribution in [-0.2, 0) is 11.8 Å². The molecule has 0 radical (unpaired) electrons. The van der Waals surface area contributed by atoms with Crippen molar-refractivity contribution in [2.24, 2.45) is 7.05 Å². The van der Waals surface area contributed by atoms with Crippen molar-refractivity contribution < 1.29 is 4.79 Å². The zero-order chi connectivity index (χ0) is 17.8. The number of aromatic nitrogens is 3. The van der Waals surface area contributed by atoms with Crippen LogP contribution in [0.3, 0.4) is 0 Å². The largest absolute Gasteiger partial charge is 0.325 e. The zero-order valence-electron chi connectivity index (χ0n) is 13.9. The fraction of sp³-hybridized carbons (Fsp3) is 0.167. The van der Waals surface area contributed by atoms with E-state index in [2.05, 4.69) is 21.6 Å². The molecule has 0 unspecified atom stereocenters. The molecular weight excluding hydrogens is 356 g/mol. The Morgan fingerprint density at radius 1 is 1.20 bits per heavy atom. The summed E-state index contributed by atoms with van der Waals surface area (Å²) >= 11 is 7.18. The van der Waals surface area contributed by atoms with Gasteiger partial charge in [-0.15, -0.1) is 10.2 Å². The van der Waals surface area contributed by atoms with Crippen LogP contribution in [0.5, 0.6) is 0 Å². The van der Waals surface area contributed by atoms with Crippen molar-refractivity contribution in [2.45, 2.75) is 12.1 Å². The normalized spacial score (nSPS) is 10.7. The third-order valence-corrected chi connectivity index (χ3v) is 4.84. The smallest absolute Gasteiger partial charge is 0.234 e. The van der Waals surface area contributed by atoms with E-state index in [0.29, 0.717) is 15.9 Å². The zero-order valence-corrected chi connectivity index (χ0v) is 15.4. The predicted octanol–water partition coefficient (Wildman–Crippen LogP) is 4.17. The molecule has 1 N–H and O–H groups in total. The number of carbonyl (C=O) groups excluding carboxylic acids is 1. The molecule has 0 bridgehead atoms. The molecule has 128 valence electrons. The van der Waals surface area contributed by atoms with Crippen LogP contribution >= 0.6 is 23.4 Å². The summed E-state index contributed by atoms with van der Waals surface area (Å²) in [6.45, 7) is 2.04. The number of hydrogen-bond donors (Lipinski definition) is 1. The predicted molar refractivity (Wildman–Crippen MR) is 102 cm³/mol. The van der Waals surface area contributed by atoms with Crippen LogP contribution in [0, 0.1) is 6.92 Å². The van der Waals surface area contributed by atoms with Gasteiger partial charge in [0, 0.05) is 23.3 Å². The molecule has 0 spiro atoms. The van der Waals surface area contributed by atoms with Gasteiger partial charge in [-0.25, -0.2) is 0 Å². The Labute approximate surface area is 155 Å². The Hall–Kier alpha value is -2.31. The molecule has 0 atom stereocenters. The highest BCUT2D eigenvalue weighted by atomic mass is 35.5. The maximum Gasteiger partial charge on any atom is 0.234 e. The number of carbonyl (C=O) groups is 1. The molecule has 7 heteroatoms. The van der Waals surface area contributed by atoms with Crippen LogP contribution in [0.15, 0.2) is 53.7 Å². The van der Waals surface area contributed by atoms with E-state index < -0.39 is 0 Å². The second-order valence-electron chi connectivity index (χ2n) is 5.58. The molecular formula is C18H17ClN4OS. The lowest BCUT2D eigenvalue weighted by Crippen LogP contribution is -2.14. The van der Waals surface area contributed by atoms with Gasteiger partial charge in [0.2, 0.25) is 5.91 Å². The summed E-state index contributed by atoms with van der Waals surface area (Å²) < 4.78 is 1.90. The Balaban J connectivity index is 1.64. The first-order valence-electron chi connectivity index (χ1n) is 7.67. The summed E-state index contributed by atoms with van der Waals surface area (Å²) in [6.07, 6.45) is 0. The van der Waals surface area contributed by atoms with Gasteiger partial charge >= 0.3 is 0 Å². The summed E-state index contributed by atoms with van der Waals surface area (Å²) in [4.78, 5) is 12.1. The van der Waals surface area contributed by atoms with Crippen molar-refractivity contribution in [3.63, 3.8) is 0 Å². The Morgan fingerprint density at radius 2 is 1.96 bits per heavy atom. The number of rotatable bonds is 5. The van der Waals surface area contributed by atoms with Gasteiger partial charge in [-0.2, -0.15) is 0 Å². The summed E-state index contributed by atoms with van der Waals surface area (Å²) in [5.74, 6) is 0.930. The quantitative estimate of drug-likeness (QED) is 0.683. The maximum absolute atomic E-state index is 12.1. The van der Waals surface area contributed by atoms with E-state index in [1.165, 1.54) is 11.8 Å². The van der Waals surface area contributed by atoms with Crippen LogP contribution in [0.25, 0.3) is 11.4 Å². The van der Waals surface area contributed by atoms with Gasteiger partial charge in [0.15, 0.2) is 11.0 Å². The van der Waals surface area contributed by atoms with E-state index in [4.69, 9.17) is 11.6 Å². The van der Waals surface area contributed by atoms with Crippen molar-refractivity contribution in [1.29, 1.82) is 0 Å². The highest BCUT2D eigenvalue weighted by Crippen LogP contribution is 2.23. The molecule has 0 aliphatic heterocycles. The highest BCUT2D eigenvalue weighted by molar-refractivity contribution is 7.99. The van der Waals surface area contributed by atoms with Crippen molar-refractivity contribution in [1.82, 2.24) is 14.8 Å². The van der Waals surface area contributed by atoms with Gasteiger partial charge in [-0.1, -0.05) is 47.1 Å². The average Bonchev–Trinajstić information content (AvgIpc) is 2.96. The number of anilines is 1. The minimum Gasteiger partial charge on any atom is -0.325 e. The number of thioether (sulfide) groups is 1. The molecule has 3 rings (SSSR count). The molecule has 0 saturated heterocycles. The number of nitrogens with one attached hydrogen (secondary N) is 1. The van der Waals surface area contributed by atoms with Gasteiger partial charge in [-0.3, -0.25) is 4.79 Å². The van der Waals surface area contributed by atoms with Crippen LogP contribution in [0.2, 0.25) is 5.02 Å². The fourth-order valence-corrected chi connectivity index (χ4v) is 3.17. The third kappa shape index (κ3) is 4.41. The molecule has 2 aromatic carbocycles. The van der Waals surface area contributed by atoms with E-state index in [-0.39, 0.29) is 11.7 Å². The van der Waals surface area contributed by atoms with E-state index >= 15 is 0 Å². The lowest BCUT2D eigenvalue weighted by atomic mass is 10.1. The summed E-state index contributed by atoms with van der Waals surface area (Å²) in [6, 6.07) is 15.1. The standard InChI is InChI=1S/C18H17ClN4OS/c1-12-4-3-5-13(10-12)17-21-22-18(23(17)2)25-11-16(24)20-15-8-6-14(19)7-9-15/h3-10H,11H2,1-2H3,(H,20,24). The Bertz CT molecular complexity index is 892. The van der Waals surface area contributed by atoms with Gasteiger partial charge < -0.3 is 9.88 Å². The van der Waals surface area contributed by atoms with E-state index in [1.54, 1.807) is 24.3 Å². The van der Waals surface area contributed by atoms with Gasteiger partial charge in [0.05, 0.1) is 5.75 Å². The molecule has 3 aromatic rings. The lowest BCUT2D eigenvalue weighted by molar-refractivity contribution is -0.113. The fourth-order valence-electron chi connectivity index (χ4n) is 2.34. The highest BCUT2D eigenvalue weighted by Gasteiger charge is 2.13. The van der Waals surface area contributed by atoms with Crippen LogP contribution in [0.4, 0.5) is 5.69 Å². The Kier molecular flexibility index (Phi) is 5.40. The molecule has 25 heavy (non-hydrogen) atoms. The summed E-state index contributed by atoms with van der Waals surface area (Å²) in [5.41, 5.74) is 2.89. The second kappa shape index (κ2) is 7.72. The van der Waals surface area contributed by atoms with Crippen molar-refractivity contribution in [2.75, 3.05) is 11.1 Å². The number of benzene rings is 2. The monoisotopic (exact) mass is 372 g/mol. The first kappa shape index (κ1) is 17.5. The molecule has 0 aliphatic rings. The molecule has 1 heterocycles. The lowest BCUT2D eigenvalue weighted by Gasteiger charge is -2.06. The number of nitrogens with zero attached hydrogens (tertiary/aromatic N) is 3. The molecule has 0 aliphatic carbocycles. The van der Waals surface area contributed by atoms with Gasteiger partial charge in [0.25, 0.3) is 0 Å². The summed E-state index contributed by atoms with van der Waals surface area (Å²) in [5, 5.41) is 12.6. The minimum absolute atomic E-state index is 0.104. The maximum atomic E-state index is 12.1. The number of halogens is 1. The van der Waals surface area contributed by atoms with E-state index in [0.717, 1.165) is 17.0 Å². The van der Waals surface area contributed by atoms with Crippen molar-refractivity contribution in [3.05, 3.63) is 59.1 Å². The number of amides is 1. The van der Waals surface area contributed by atoms with Crippen molar-refractivity contribution >= 4 is 35.0 Å². The SMILES string of the molecule is Cc1cccc(-c2nnc(SCC(=O)Nc3ccc(Cl)cc3)n2C)c1. The molecule has 5 nitrogen and oxygen atoms in total. The van der Waals surface area contributed by atoms with E-state index in [1.807, 2.05) is 36.7 Å². The van der Waals surface area contributed by atoms with E-state index in [9.17, 15) is 4.79 Å². The minimum atomic E-state index is -0.104. The van der Waals surface area contributed by atoms with Gasteiger partial charge in [0.1, 0.15) is 0 Å². The number of hydrogen-bond acceptors (Lipinski definition) is 4. The Morgan fingerprint density at radius 3 is 2.68 bits per heavy atom. The second-order valence-corrected chi connectivity index (χ2v) is 6.96. The van der Waals surface area contributed by atoms with Crippen LogP contribution in [-0.4, -0.2) is 26.4 Å². The topological polar surface area (TPSA) is 59.8 Å². The third-order valence-electron chi connectivity index (χ3n) is 3.57. The first-order chi connectivity index (χ1) is 12.0. The molecule has 0 fully saturated rings.